The summed E-state index contributed by atoms with van der Waals surface area (Å²) in [6, 6.07) is 12.3. The Bertz CT molecular complexity index is 845. The van der Waals surface area contributed by atoms with Crippen LogP contribution in [0.4, 0.5) is 0 Å². The van der Waals surface area contributed by atoms with Crippen LogP contribution in [0.3, 0.4) is 0 Å². The summed E-state index contributed by atoms with van der Waals surface area (Å²) < 4.78 is 8.19. The Kier molecular flexibility index (Phi) is 3.10. The Morgan fingerprint density at radius 1 is 1.15 bits per heavy atom. The molecule has 0 fully saturated rings. The van der Waals surface area contributed by atoms with Crippen molar-refractivity contribution >= 4 is 23.3 Å². The van der Waals surface area contributed by atoms with Crippen LogP contribution in [0.1, 0.15) is 11.1 Å². The number of aromatic nitrogens is 2. The first-order valence-electron chi connectivity index (χ1n) is 6.47. The van der Waals surface area contributed by atoms with Crippen LogP contribution in [0.15, 0.2) is 36.4 Å². The molecule has 0 radical (unpaired) electrons. The normalized spacial score (nSPS) is 10.9. The Hall–Kier alpha value is -2.07. The highest BCUT2D eigenvalue weighted by atomic mass is 32.1. The Balaban J connectivity index is 2.41. The maximum Gasteiger partial charge on any atom is 0.182 e. The van der Waals surface area contributed by atoms with Gasteiger partial charge in [-0.05, 0) is 55.4 Å². The number of para-hydroxylation sites is 1. The van der Waals surface area contributed by atoms with E-state index in [1.807, 2.05) is 22.8 Å². The highest BCUT2D eigenvalue weighted by molar-refractivity contribution is 7.71. The minimum Gasteiger partial charge on any atom is -0.495 e. The van der Waals surface area contributed by atoms with Gasteiger partial charge in [0.2, 0.25) is 0 Å². The minimum atomic E-state index is 0.679. The van der Waals surface area contributed by atoms with E-state index in [0.29, 0.717) is 4.77 Å². The van der Waals surface area contributed by atoms with Crippen molar-refractivity contribution in [2.45, 2.75) is 13.8 Å². The number of aryl methyl sites for hydroxylation is 2. The summed E-state index contributed by atoms with van der Waals surface area (Å²) in [4.78, 5) is 3.29. The van der Waals surface area contributed by atoms with Gasteiger partial charge in [0, 0.05) is 0 Å². The molecule has 0 unspecified atom stereocenters. The van der Waals surface area contributed by atoms with Crippen molar-refractivity contribution in [3.63, 3.8) is 0 Å². The molecule has 102 valence electrons. The summed E-state index contributed by atoms with van der Waals surface area (Å²) in [5.74, 6) is 0.814. The zero-order valence-electron chi connectivity index (χ0n) is 11.7. The van der Waals surface area contributed by atoms with E-state index in [2.05, 4.69) is 37.0 Å². The first-order chi connectivity index (χ1) is 9.61. The molecule has 0 saturated heterocycles. The largest absolute Gasteiger partial charge is 0.495 e. The third-order valence-corrected chi connectivity index (χ3v) is 3.79. The topological polar surface area (TPSA) is 29.9 Å². The molecule has 0 aliphatic carbocycles. The molecule has 0 aliphatic rings. The van der Waals surface area contributed by atoms with Gasteiger partial charge in [-0.25, -0.2) is 0 Å². The zero-order valence-corrected chi connectivity index (χ0v) is 12.5. The molecule has 3 aromatic rings. The van der Waals surface area contributed by atoms with Gasteiger partial charge in [-0.2, -0.15) is 0 Å². The number of ether oxygens (including phenoxy) is 1. The highest BCUT2D eigenvalue weighted by Crippen LogP contribution is 2.29. The van der Waals surface area contributed by atoms with Crippen LogP contribution in [0.2, 0.25) is 0 Å². The van der Waals surface area contributed by atoms with E-state index >= 15 is 0 Å². The van der Waals surface area contributed by atoms with Crippen LogP contribution in [0.5, 0.6) is 5.75 Å². The number of nitrogens with zero attached hydrogens (tertiary/aromatic N) is 1. The van der Waals surface area contributed by atoms with Gasteiger partial charge in [0.25, 0.3) is 0 Å². The standard InChI is InChI=1S/C16H16N2OS/c1-10-7-8-14(19-3)13(9-10)18-12-6-4-5-11(2)15(12)17-16(18)20/h4-9H,1-3H3,(H,17,20). The number of H-pyrrole nitrogens is 1. The quantitative estimate of drug-likeness (QED) is 0.710. The summed E-state index contributed by atoms with van der Waals surface area (Å²) in [6.07, 6.45) is 0. The molecule has 3 rings (SSSR count). The molecule has 0 bridgehead atoms. The second-order valence-corrected chi connectivity index (χ2v) is 5.30. The van der Waals surface area contributed by atoms with Gasteiger partial charge in [0.1, 0.15) is 5.75 Å². The molecule has 0 atom stereocenters. The highest BCUT2D eigenvalue weighted by Gasteiger charge is 2.12. The van der Waals surface area contributed by atoms with Crippen molar-refractivity contribution in [1.82, 2.24) is 9.55 Å². The van der Waals surface area contributed by atoms with Gasteiger partial charge in [-0.3, -0.25) is 4.57 Å². The number of fused-ring (bicyclic) bond motifs is 1. The number of hydrogen-bond donors (Lipinski definition) is 1. The van der Waals surface area contributed by atoms with E-state index in [1.54, 1.807) is 7.11 Å². The fourth-order valence-corrected chi connectivity index (χ4v) is 2.79. The smallest absolute Gasteiger partial charge is 0.182 e. The SMILES string of the molecule is COc1ccc(C)cc1-n1c(=S)[nH]c2c(C)cccc21. The molecule has 0 amide bonds. The molecule has 0 aliphatic heterocycles. The second kappa shape index (κ2) is 4.80. The minimum absolute atomic E-state index is 0.679. The fraction of sp³-hybridized carbons (Fsp3) is 0.188. The molecule has 3 nitrogen and oxygen atoms in total. The van der Waals surface area contributed by atoms with E-state index in [1.165, 1.54) is 11.1 Å². The van der Waals surface area contributed by atoms with Crippen LogP contribution in [-0.4, -0.2) is 16.7 Å². The third kappa shape index (κ3) is 1.93. The zero-order chi connectivity index (χ0) is 14.3. The Morgan fingerprint density at radius 2 is 1.95 bits per heavy atom. The van der Waals surface area contributed by atoms with Crippen molar-refractivity contribution < 1.29 is 4.74 Å². The molecule has 1 N–H and O–H groups in total. The summed E-state index contributed by atoms with van der Waals surface area (Å²) in [5, 5.41) is 0. The predicted molar refractivity (Wildman–Crippen MR) is 84.5 cm³/mol. The number of benzene rings is 2. The lowest BCUT2D eigenvalue weighted by atomic mass is 10.2. The molecular weight excluding hydrogens is 268 g/mol. The van der Waals surface area contributed by atoms with Gasteiger partial charge < -0.3 is 9.72 Å². The second-order valence-electron chi connectivity index (χ2n) is 4.91. The number of aromatic amines is 1. The van der Waals surface area contributed by atoms with Crippen molar-refractivity contribution in [2.24, 2.45) is 0 Å². The average Bonchev–Trinajstić information content (AvgIpc) is 2.76. The van der Waals surface area contributed by atoms with E-state index in [-0.39, 0.29) is 0 Å². The van der Waals surface area contributed by atoms with Gasteiger partial charge in [-0.1, -0.05) is 18.2 Å². The van der Waals surface area contributed by atoms with Gasteiger partial charge in [0.05, 0.1) is 23.8 Å². The molecule has 4 heteroatoms. The van der Waals surface area contributed by atoms with Crippen molar-refractivity contribution in [3.8, 4) is 11.4 Å². The van der Waals surface area contributed by atoms with Crippen molar-refractivity contribution in [1.29, 1.82) is 0 Å². The number of methoxy groups -OCH3 is 1. The third-order valence-electron chi connectivity index (χ3n) is 3.50. The van der Waals surface area contributed by atoms with Gasteiger partial charge in [0.15, 0.2) is 4.77 Å². The lowest BCUT2D eigenvalue weighted by Gasteiger charge is -2.11. The maximum atomic E-state index is 5.50. The first kappa shape index (κ1) is 12.9. The first-order valence-corrected chi connectivity index (χ1v) is 6.88. The molecule has 1 aromatic heterocycles. The van der Waals surface area contributed by atoms with Crippen molar-refractivity contribution in [3.05, 3.63) is 52.3 Å². The molecule has 2 aromatic carbocycles. The summed E-state index contributed by atoms with van der Waals surface area (Å²) in [6.45, 7) is 4.14. The van der Waals surface area contributed by atoms with Crippen LogP contribution >= 0.6 is 12.2 Å². The lowest BCUT2D eigenvalue weighted by Crippen LogP contribution is -1.98. The predicted octanol–water partition coefficient (Wildman–Crippen LogP) is 4.31. The van der Waals surface area contributed by atoms with Gasteiger partial charge >= 0.3 is 0 Å². The van der Waals surface area contributed by atoms with Crippen LogP contribution < -0.4 is 4.74 Å². The monoisotopic (exact) mass is 284 g/mol. The van der Waals surface area contributed by atoms with Crippen LogP contribution in [-0.2, 0) is 0 Å². The molecule has 20 heavy (non-hydrogen) atoms. The number of hydrogen-bond acceptors (Lipinski definition) is 2. The Labute approximate surface area is 122 Å². The van der Waals surface area contributed by atoms with Gasteiger partial charge in [-0.15, -0.1) is 0 Å². The number of imidazole rings is 1. The van der Waals surface area contributed by atoms with E-state index < -0.39 is 0 Å². The lowest BCUT2D eigenvalue weighted by molar-refractivity contribution is 0.413. The molecule has 0 spiro atoms. The maximum absolute atomic E-state index is 5.50. The Morgan fingerprint density at radius 3 is 2.70 bits per heavy atom. The molecular formula is C16H16N2OS. The summed E-state index contributed by atoms with van der Waals surface area (Å²) >= 11 is 5.50. The van der Waals surface area contributed by atoms with Crippen molar-refractivity contribution in [2.75, 3.05) is 7.11 Å². The average molecular weight is 284 g/mol. The van der Waals surface area contributed by atoms with Crippen LogP contribution in [0.25, 0.3) is 16.7 Å². The fourth-order valence-electron chi connectivity index (χ4n) is 2.49. The van der Waals surface area contributed by atoms with E-state index in [0.717, 1.165) is 22.5 Å². The van der Waals surface area contributed by atoms with E-state index in [4.69, 9.17) is 17.0 Å². The molecule has 0 saturated carbocycles. The number of nitrogens with one attached hydrogen (secondary N) is 1. The van der Waals surface area contributed by atoms with Crippen LogP contribution in [0, 0.1) is 18.6 Å². The number of rotatable bonds is 2. The summed E-state index contributed by atoms with van der Waals surface area (Å²) in [5.41, 5.74) is 5.46. The molecule has 1 heterocycles. The van der Waals surface area contributed by atoms with E-state index in [9.17, 15) is 0 Å². The summed E-state index contributed by atoms with van der Waals surface area (Å²) in [7, 11) is 1.68.